The Kier molecular flexibility index (Phi) is 7.00. The first-order valence-corrected chi connectivity index (χ1v) is 10.4. The summed E-state index contributed by atoms with van der Waals surface area (Å²) < 4.78 is 57.1. The molecule has 0 radical (unpaired) electrons. The van der Waals surface area contributed by atoms with Crippen LogP contribution < -0.4 is 29.6 Å². The first-order valence-electron chi connectivity index (χ1n) is 10.4. The van der Waals surface area contributed by atoms with Gasteiger partial charge in [0.05, 0.1) is 7.11 Å². The summed E-state index contributed by atoms with van der Waals surface area (Å²) in [6.45, 7) is 0.00496. The van der Waals surface area contributed by atoms with Crippen molar-refractivity contribution in [3.63, 3.8) is 0 Å². The number of alkyl halides is 3. The Morgan fingerprint density at radius 2 is 1.72 bits per heavy atom. The zero-order valence-electron chi connectivity index (χ0n) is 18.7. The second-order valence-electron chi connectivity index (χ2n) is 7.36. The Labute approximate surface area is 203 Å². The van der Waals surface area contributed by atoms with Crippen molar-refractivity contribution in [2.24, 2.45) is 0 Å². The molecular weight excluding hydrogens is 481 g/mol. The molecular formula is C25H19F3N2O6. The molecule has 0 aromatic heterocycles. The van der Waals surface area contributed by atoms with E-state index in [1.54, 1.807) is 42.5 Å². The van der Waals surface area contributed by atoms with E-state index in [2.05, 4.69) is 15.4 Å². The highest BCUT2D eigenvalue weighted by Gasteiger charge is 2.31. The third-order valence-corrected chi connectivity index (χ3v) is 4.87. The van der Waals surface area contributed by atoms with Crippen LogP contribution in [0.3, 0.4) is 0 Å². The SMILES string of the molecule is COc1cc(C=C(NC(=O)c2ccccc2)C(=O)Nc2ccc(OC(F)(F)F)cc2)cc2c1OCO2. The number of halogens is 3. The van der Waals surface area contributed by atoms with Crippen LogP contribution in [0.25, 0.3) is 6.08 Å². The number of carbonyl (C=O) groups is 2. The van der Waals surface area contributed by atoms with Gasteiger partial charge in [-0.05, 0) is 60.2 Å². The summed E-state index contributed by atoms with van der Waals surface area (Å²) in [5, 5.41) is 5.12. The summed E-state index contributed by atoms with van der Waals surface area (Å²) in [6.07, 6.45) is -3.43. The largest absolute Gasteiger partial charge is 0.573 e. The van der Waals surface area contributed by atoms with E-state index in [4.69, 9.17) is 14.2 Å². The number of ether oxygens (including phenoxy) is 4. The molecule has 36 heavy (non-hydrogen) atoms. The quantitative estimate of drug-likeness (QED) is 0.456. The van der Waals surface area contributed by atoms with Gasteiger partial charge in [0.15, 0.2) is 11.5 Å². The lowest BCUT2D eigenvalue weighted by Gasteiger charge is -2.13. The van der Waals surface area contributed by atoms with Gasteiger partial charge in [0.2, 0.25) is 12.5 Å². The van der Waals surface area contributed by atoms with Crippen LogP contribution in [0.2, 0.25) is 0 Å². The van der Waals surface area contributed by atoms with Crippen LogP contribution >= 0.6 is 0 Å². The maximum absolute atomic E-state index is 13.1. The average Bonchev–Trinajstić information content (AvgIpc) is 3.32. The molecule has 0 spiro atoms. The molecule has 3 aromatic rings. The number of carbonyl (C=O) groups excluding carboxylic acids is 2. The van der Waals surface area contributed by atoms with Crippen molar-refractivity contribution in [1.82, 2.24) is 5.32 Å². The summed E-state index contributed by atoms with van der Waals surface area (Å²) in [5.41, 5.74) is 0.815. The summed E-state index contributed by atoms with van der Waals surface area (Å²) in [4.78, 5) is 25.9. The molecule has 0 aliphatic carbocycles. The van der Waals surface area contributed by atoms with Gasteiger partial charge in [0.1, 0.15) is 11.4 Å². The molecule has 4 rings (SSSR count). The molecule has 186 valence electrons. The van der Waals surface area contributed by atoms with Gasteiger partial charge in [0, 0.05) is 11.3 Å². The number of fused-ring (bicyclic) bond motifs is 1. The van der Waals surface area contributed by atoms with Gasteiger partial charge in [-0.2, -0.15) is 0 Å². The fourth-order valence-corrected chi connectivity index (χ4v) is 3.28. The minimum atomic E-state index is -4.84. The Balaban J connectivity index is 1.62. The van der Waals surface area contributed by atoms with Crippen molar-refractivity contribution in [3.8, 4) is 23.0 Å². The molecule has 0 saturated heterocycles. The van der Waals surface area contributed by atoms with Crippen LogP contribution in [0.1, 0.15) is 15.9 Å². The van der Waals surface area contributed by atoms with Crippen LogP contribution in [0, 0.1) is 0 Å². The first kappa shape index (κ1) is 24.5. The van der Waals surface area contributed by atoms with E-state index in [-0.39, 0.29) is 18.2 Å². The zero-order valence-corrected chi connectivity index (χ0v) is 18.7. The molecule has 11 heteroatoms. The lowest BCUT2D eigenvalue weighted by molar-refractivity contribution is -0.274. The second-order valence-corrected chi connectivity index (χ2v) is 7.36. The van der Waals surface area contributed by atoms with Crippen LogP contribution in [0.15, 0.2) is 72.4 Å². The highest BCUT2D eigenvalue weighted by molar-refractivity contribution is 6.10. The monoisotopic (exact) mass is 500 g/mol. The molecule has 0 unspecified atom stereocenters. The Morgan fingerprint density at radius 1 is 1.00 bits per heavy atom. The molecule has 8 nitrogen and oxygen atoms in total. The molecule has 0 bridgehead atoms. The summed E-state index contributed by atoms with van der Waals surface area (Å²) in [5.74, 6) is -0.532. The zero-order chi connectivity index (χ0) is 25.7. The molecule has 2 amide bonds. The number of hydrogen-bond acceptors (Lipinski definition) is 6. The molecule has 1 aliphatic rings. The predicted octanol–water partition coefficient (Wildman–Crippen LogP) is 4.73. The molecule has 0 saturated carbocycles. The van der Waals surface area contributed by atoms with Gasteiger partial charge in [0.25, 0.3) is 11.8 Å². The molecule has 1 aliphatic heterocycles. The number of benzene rings is 3. The van der Waals surface area contributed by atoms with E-state index in [9.17, 15) is 22.8 Å². The Morgan fingerprint density at radius 3 is 2.39 bits per heavy atom. The predicted molar refractivity (Wildman–Crippen MR) is 123 cm³/mol. The van der Waals surface area contributed by atoms with Crippen LogP contribution in [0.4, 0.5) is 18.9 Å². The van der Waals surface area contributed by atoms with Gasteiger partial charge < -0.3 is 29.6 Å². The van der Waals surface area contributed by atoms with E-state index in [0.717, 1.165) is 12.1 Å². The number of nitrogens with one attached hydrogen (secondary N) is 2. The standard InChI is InChI=1S/C25H19F3N2O6/c1-33-20-12-15(13-21-22(20)35-14-34-21)11-19(30-23(31)16-5-3-2-4-6-16)24(32)29-17-7-9-18(10-8-17)36-25(26,27)28/h2-13H,14H2,1H3,(H,29,32)(H,30,31). The number of methoxy groups -OCH3 is 1. The molecule has 1 heterocycles. The van der Waals surface area contributed by atoms with Crippen molar-refractivity contribution >= 4 is 23.6 Å². The van der Waals surface area contributed by atoms with Crippen LogP contribution in [-0.2, 0) is 4.79 Å². The number of amides is 2. The minimum Gasteiger partial charge on any atom is -0.493 e. The van der Waals surface area contributed by atoms with Crippen molar-refractivity contribution in [2.75, 3.05) is 19.2 Å². The van der Waals surface area contributed by atoms with E-state index in [1.807, 2.05) is 0 Å². The van der Waals surface area contributed by atoms with Gasteiger partial charge in [-0.25, -0.2) is 0 Å². The fourth-order valence-electron chi connectivity index (χ4n) is 3.28. The molecule has 3 aromatic carbocycles. The normalized spacial score (nSPS) is 12.6. The van der Waals surface area contributed by atoms with Gasteiger partial charge in [-0.15, -0.1) is 13.2 Å². The Hall–Kier alpha value is -4.67. The highest BCUT2D eigenvalue weighted by atomic mass is 19.4. The summed E-state index contributed by atoms with van der Waals surface area (Å²) in [7, 11) is 1.45. The van der Waals surface area contributed by atoms with Crippen molar-refractivity contribution in [3.05, 3.63) is 83.6 Å². The van der Waals surface area contributed by atoms with Crippen LogP contribution in [0.5, 0.6) is 23.0 Å². The molecule has 0 fully saturated rings. The van der Waals surface area contributed by atoms with E-state index >= 15 is 0 Å². The van der Waals surface area contributed by atoms with Gasteiger partial charge in [-0.1, -0.05) is 18.2 Å². The number of anilines is 1. The number of rotatable bonds is 7. The van der Waals surface area contributed by atoms with E-state index in [0.29, 0.717) is 28.4 Å². The molecule has 0 atom stereocenters. The fraction of sp³-hybridized carbons (Fsp3) is 0.120. The third kappa shape index (κ3) is 6.06. The maximum Gasteiger partial charge on any atom is 0.573 e. The molecule has 2 N–H and O–H groups in total. The highest BCUT2D eigenvalue weighted by Crippen LogP contribution is 2.42. The van der Waals surface area contributed by atoms with Gasteiger partial charge in [-0.3, -0.25) is 9.59 Å². The lowest BCUT2D eigenvalue weighted by atomic mass is 10.1. The second kappa shape index (κ2) is 10.3. The van der Waals surface area contributed by atoms with Crippen molar-refractivity contribution in [2.45, 2.75) is 6.36 Å². The van der Waals surface area contributed by atoms with Crippen molar-refractivity contribution < 1.29 is 41.7 Å². The smallest absolute Gasteiger partial charge is 0.493 e. The number of hydrogen-bond donors (Lipinski definition) is 2. The van der Waals surface area contributed by atoms with Crippen molar-refractivity contribution in [1.29, 1.82) is 0 Å². The topological polar surface area (TPSA) is 95.1 Å². The minimum absolute atomic E-state index is 0.00496. The van der Waals surface area contributed by atoms with E-state index in [1.165, 1.54) is 25.3 Å². The first-order chi connectivity index (χ1) is 17.2. The average molecular weight is 500 g/mol. The third-order valence-electron chi connectivity index (χ3n) is 4.87. The summed E-state index contributed by atoms with van der Waals surface area (Å²) in [6, 6.07) is 16.0. The summed E-state index contributed by atoms with van der Waals surface area (Å²) >= 11 is 0. The maximum atomic E-state index is 13.1. The van der Waals surface area contributed by atoms with E-state index < -0.39 is 23.9 Å². The van der Waals surface area contributed by atoms with Gasteiger partial charge >= 0.3 is 6.36 Å². The lowest BCUT2D eigenvalue weighted by Crippen LogP contribution is -2.30. The van der Waals surface area contributed by atoms with Crippen LogP contribution in [-0.4, -0.2) is 32.1 Å². The Bertz CT molecular complexity index is 1290.